The Bertz CT molecular complexity index is 917. The van der Waals surface area contributed by atoms with Crippen LogP contribution in [0, 0.1) is 9.39 Å². The van der Waals surface area contributed by atoms with Crippen LogP contribution in [0.2, 0.25) is 0 Å². The number of amides is 1. The summed E-state index contributed by atoms with van der Waals surface area (Å²) in [6.45, 7) is 4.17. The van der Waals surface area contributed by atoms with Gasteiger partial charge < -0.3 is 9.67 Å². The second kappa shape index (κ2) is 6.43. The van der Waals surface area contributed by atoms with Gasteiger partial charge in [0.15, 0.2) is 0 Å². The summed E-state index contributed by atoms with van der Waals surface area (Å²) in [4.78, 5) is 11.1. The zero-order valence-corrected chi connectivity index (χ0v) is 15.3. The Morgan fingerprint density at radius 3 is 2.46 bits per heavy atom. The number of rotatable bonds is 3. The number of aromatic nitrogens is 1. The van der Waals surface area contributed by atoms with Crippen LogP contribution in [-0.2, 0) is 0 Å². The first-order valence-electron chi connectivity index (χ1n) is 7.49. The van der Waals surface area contributed by atoms with Crippen molar-refractivity contribution in [2.75, 3.05) is 5.32 Å². The molecule has 124 valence electrons. The van der Waals surface area contributed by atoms with Crippen LogP contribution >= 0.6 is 22.6 Å². The molecule has 4 nitrogen and oxygen atoms in total. The lowest BCUT2D eigenvalue weighted by Crippen LogP contribution is -2.07. The van der Waals surface area contributed by atoms with Crippen LogP contribution in [0.5, 0.6) is 0 Å². The molecule has 0 bridgehead atoms. The fraction of sp³-hybridized carbons (Fsp3) is 0.167. The highest BCUT2D eigenvalue weighted by Crippen LogP contribution is 2.38. The lowest BCUT2D eigenvalue weighted by atomic mass is 10.1. The minimum absolute atomic E-state index is 0.215. The molecule has 1 aromatic heterocycles. The highest BCUT2D eigenvalue weighted by molar-refractivity contribution is 14.1. The van der Waals surface area contributed by atoms with Crippen LogP contribution in [0.3, 0.4) is 0 Å². The first-order valence-corrected chi connectivity index (χ1v) is 8.56. The Labute approximate surface area is 152 Å². The molecular weight excluding hydrogens is 422 g/mol. The van der Waals surface area contributed by atoms with Gasteiger partial charge in [0.1, 0.15) is 5.82 Å². The summed E-state index contributed by atoms with van der Waals surface area (Å²) in [6, 6.07) is 11.8. The predicted molar refractivity (Wildman–Crippen MR) is 102 cm³/mol. The number of anilines is 1. The molecule has 2 aromatic carbocycles. The summed E-state index contributed by atoms with van der Waals surface area (Å²) in [5, 5.41) is 12.4. The number of fused-ring (bicyclic) bond motifs is 1. The Hall–Kier alpha value is -2.09. The van der Waals surface area contributed by atoms with E-state index in [9.17, 15) is 9.18 Å². The van der Waals surface area contributed by atoms with E-state index in [-0.39, 0.29) is 11.7 Å². The van der Waals surface area contributed by atoms with Crippen molar-refractivity contribution in [3.05, 3.63) is 57.5 Å². The van der Waals surface area contributed by atoms with E-state index in [0.29, 0.717) is 5.69 Å². The number of hydrogen-bond acceptors (Lipinski definition) is 1. The fourth-order valence-corrected chi connectivity index (χ4v) is 4.34. The molecule has 1 heterocycles. The topological polar surface area (TPSA) is 54.3 Å². The number of carbonyl (C=O) groups is 1. The number of carboxylic acid groups (broad SMARTS) is 1. The Balaban J connectivity index is 2.37. The third-order valence-electron chi connectivity index (χ3n) is 3.84. The van der Waals surface area contributed by atoms with Crippen LogP contribution in [0.25, 0.3) is 16.6 Å². The molecular formula is C18H16FIN2O2. The van der Waals surface area contributed by atoms with E-state index in [0.717, 1.165) is 25.9 Å². The zero-order valence-electron chi connectivity index (χ0n) is 13.2. The molecule has 0 saturated heterocycles. The maximum absolute atomic E-state index is 13.3. The van der Waals surface area contributed by atoms with Gasteiger partial charge in [0, 0.05) is 20.3 Å². The van der Waals surface area contributed by atoms with Crippen molar-refractivity contribution >= 4 is 45.3 Å². The van der Waals surface area contributed by atoms with Gasteiger partial charge in [-0.05, 0) is 64.9 Å². The minimum atomic E-state index is -1.10. The largest absolute Gasteiger partial charge is 0.465 e. The first-order chi connectivity index (χ1) is 11.4. The summed E-state index contributed by atoms with van der Waals surface area (Å²) < 4.78 is 16.4. The lowest BCUT2D eigenvalue weighted by Gasteiger charge is -2.14. The van der Waals surface area contributed by atoms with Crippen LogP contribution in [0.15, 0.2) is 42.5 Å². The predicted octanol–water partition coefficient (Wildman–Crippen LogP) is 5.59. The number of halogens is 2. The van der Waals surface area contributed by atoms with Gasteiger partial charge in [-0.3, -0.25) is 5.32 Å². The van der Waals surface area contributed by atoms with E-state index in [2.05, 4.69) is 46.3 Å². The molecule has 3 rings (SSSR count). The van der Waals surface area contributed by atoms with Crippen molar-refractivity contribution in [1.29, 1.82) is 0 Å². The molecule has 6 heteroatoms. The first kappa shape index (κ1) is 16.8. The molecule has 0 saturated carbocycles. The van der Waals surface area contributed by atoms with Crippen molar-refractivity contribution in [2.45, 2.75) is 19.8 Å². The minimum Gasteiger partial charge on any atom is -0.465 e. The van der Waals surface area contributed by atoms with E-state index in [1.807, 2.05) is 12.1 Å². The Kier molecular flexibility index (Phi) is 4.49. The zero-order chi connectivity index (χ0) is 17.4. The quantitative estimate of drug-likeness (QED) is 0.524. The summed E-state index contributed by atoms with van der Waals surface area (Å²) in [7, 11) is 0. The maximum Gasteiger partial charge on any atom is 0.409 e. The standard InChI is InChI=1S/C18H16FIN2O2/c1-10(2)17-16(20)15-13(21-18(23)24)4-3-5-14(15)22(17)12-8-6-11(19)7-9-12/h3-10,21H,1-2H3,(H,23,24). The normalized spacial score (nSPS) is 11.2. The number of nitrogens with one attached hydrogen (secondary N) is 1. The van der Waals surface area contributed by atoms with Crippen molar-refractivity contribution in [3.8, 4) is 5.69 Å². The highest BCUT2D eigenvalue weighted by Gasteiger charge is 2.21. The third-order valence-corrected chi connectivity index (χ3v) is 4.93. The smallest absolute Gasteiger partial charge is 0.409 e. The summed E-state index contributed by atoms with van der Waals surface area (Å²) in [5.74, 6) is -0.0729. The molecule has 3 aromatic rings. The average molecular weight is 438 g/mol. The van der Waals surface area contributed by atoms with Crippen molar-refractivity contribution < 1.29 is 14.3 Å². The van der Waals surface area contributed by atoms with E-state index < -0.39 is 6.09 Å². The number of benzene rings is 2. The molecule has 1 amide bonds. The molecule has 0 atom stereocenters. The molecule has 0 spiro atoms. The molecule has 0 unspecified atom stereocenters. The van der Waals surface area contributed by atoms with Crippen molar-refractivity contribution in [2.24, 2.45) is 0 Å². The van der Waals surface area contributed by atoms with Gasteiger partial charge in [-0.15, -0.1) is 0 Å². The van der Waals surface area contributed by atoms with Crippen molar-refractivity contribution in [3.63, 3.8) is 0 Å². The molecule has 0 aliphatic heterocycles. The van der Waals surface area contributed by atoms with Crippen LogP contribution in [0.4, 0.5) is 14.9 Å². The fourth-order valence-electron chi connectivity index (χ4n) is 2.91. The molecule has 2 N–H and O–H groups in total. The maximum atomic E-state index is 13.3. The second-order valence-corrected chi connectivity index (χ2v) is 6.87. The third kappa shape index (κ3) is 2.86. The van der Waals surface area contributed by atoms with E-state index in [1.165, 1.54) is 12.1 Å². The van der Waals surface area contributed by atoms with E-state index in [1.54, 1.807) is 18.2 Å². The van der Waals surface area contributed by atoms with Gasteiger partial charge in [0.05, 0.1) is 11.2 Å². The summed E-state index contributed by atoms with van der Waals surface area (Å²) >= 11 is 2.25. The van der Waals surface area contributed by atoms with Gasteiger partial charge in [0.25, 0.3) is 0 Å². The summed E-state index contributed by atoms with van der Waals surface area (Å²) in [6.07, 6.45) is -1.10. The molecule has 0 fully saturated rings. The van der Waals surface area contributed by atoms with E-state index in [4.69, 9.17) is 5.11 Å². The monoisotopic (exact) mass is 438 g/mol. The number of nitrogens with zero attached hydrogens (tertiary/aromatic N) is 1. The Morgan fingerprint density at radius 1 is 1.21 bits per heavy atom. The highest BCUT2D eigenvalue weighted by atomic mass is 127. The van der Waals surface area contributed by atoms with Gasteiger partial charge >= 0.3 is 6.09 Å². The SMILES string of the molecule is CC(C)c1c(I)c2c(NC(=O)O)cccc2n1-c1ccc(F)cc1. The number of hydrogen-bond donors (Lipinski definition) is 2. The summed E-state index contributed by atoms with van der Waals surface area (Å²) in [5.41, 5.74) is 3.35. The van der Waals surface area contributed by atoms with Crippen LogP contribution in [0.1, 0.15) is 25.5 Å². The van der Waals surface area contributed by atoms with Gasteiger partial charge in [-0.2, -0.15) is 0 Å². The lowest BCUT2D eigenvalue weighted by molar-refractivity contribution is 0.210. The molecule has 0 radical (unpaired) electrons. The van der Waals surface area contributed by atoms with Crippen molar-refractivity contribution in [1.82, 2.24) is 4.57 Å². The molecule has 0 aliphatic carbocycles. The van der Waals surface area contributed by atoms with E-state index >= 15 is 0 Å². The average Bonchev–Trinajstić information content (AvgIpc) is 2.82. The van der Waals surface area contributed by atoms with Gasteiger partial charge in [-0.25, -0.2) is 9.18 Å². The van der Waals surface area contributed by atoms with Crippen LogP contribution < -0.4 is 5.32 Å². The molecule has 24 heavy (non-hydrogen) atoms. The Morgan fingerprint density at radius 2 is 1.88 bits per heavy atom. The molecule has 0 aliphatic rings. The van der Waals surface area contributed by atoms with Crippen LogP contribution in [-0.4, -0.2) is 15.8 Å². The van der Waals surface area contributed by atoms with Gasteiger partial charge in [-0.1, -0.05) is 19.9 Å². The second-order valence-electron chi connectivity index (χ2n) is 5.80. The van der Waals surface area contributed by atoms with Gasteiger partial charge in [0.2, 0.25) is 0 Å².